The van der Waals surface area contributed by atoms with E-state index in [-0.39, 0.29) is 21.6 Å². The molecule has 11 heteroatoms. The predicted molar refractivity (Wildman–Crippen MR) is 134 cm³/mol. The van der Waals surface area contributed by atoms with Crippen LogP contribution in [0.15, 0.2) is 54.6 Å². The summed E-state index contributed by atoms with van der Waals surface area (Å²) in [6.45, 7) is 0. The first-order chi connectivity index (χ1) is 15.6. The van der Waals surface area contributed by atoms with Crippen LogP contribution in [-0.2, 0) is 4.79 Å². The van der Waals surface area contributed by atoms with Crippen LogP contribution in [0.25, 0.3) is 0 Å². The number of hydrogen-bond acceptors (Lipinski definition) is 3. The molecule has 1 saturated carbocycles. The van der Waals surface area contributed by atoms with Crippen molar-refractivity contribution in [2.75, 3.05) is 10.6 Å². The van der Waals surface area contributed by atoms with Crippen molar-refractivity contribution in [2.24, 2.45) is 5.92 Å². The minimum absolute atomic E-state index is 0.133. The molecule has 0 radical (unpaired) electrons. The van der Waals surface area contributed by atoms with Crippen LogP contribution in [0.4, 0.5) is 11.5 Å². The van der Waals surface area contributed by atoms with E-state index in [0.29, 0.717) is 21.3 Å². The van der Waals surface area contributed by atoms with Crippen LogP contribution in [0.2, 0.25) is 20.2 Å². The van der Waals surface area contributed by atoms with E-state index >= 15 is 0 Å². The maximum atomic E-state index is 12.9. The molecule has 0 saturated heterocycles. The zero-order chi connectivity index (χ0) is 23.9. The van der Waals surface area contributed by atoms with Gasteiger partial charge < -0.3 is 10.6 Å². The summed E-state index contributed by atoms with van der Waals surface area (Å²) in [6.07, 6.45) is 0. The number of pyridine rings is 1. The van der Waals surface area contributed by atoms with Crippen LogP contribution in [0.1, 0.15) is 21.8 Å². The van der Waals surface area contributed by atoms with Crippen LogP contribution in [0.5, 0.6) is 0 Å². The average Bonchev–Trinajstić information content (AvgIpc) is 3.31. The van der Waals surface area contributed by atoms with E-state index in [1.54, 1.807) is 42.5 Å². The average molecular weight is 564 g/mol. The van der Waals surface area contributed by atoms with Gasteiger partial charge in [0.25, 0.3) is 5.91 Å². The number of hydrogen-bond donors (Lipinski definition) is 2. The number of halogens is 6. The van der Waals surface area contributed by atoms with Gasteiger partial charge in [-0.25, -0.2) is 4.98 Å². The van der Waals surface area contributed by atoms with Crippen molar-refractivity contribution in [3.8, 4) is 0 Å². The molecule has 2 amide bonds. The van der Waals surface area contributed by atoms with E-state index in [9.17, 15) is 9.59 Å². The fourth-order valence-corrected chi connectivity index (χ4v) is 5.22. The van der Waals surface area contributed by atoms with Crippen molar-refractivity contribution in [3.05, 3.63) is 85.9 Å². The van der Waals surface area contributed by atoms with Gasteiger partial charge in [-0.05, 0) is 54.1 Å². The van der Waals surface area contributed by atoms with Gasteiger partial charge in [-0.1, -0.05) is 52.5 Å². The molecule has 1 fully saturated rings. The monoisotopic (exact) mass is 561 g/mol. The van der Waals surface area contributed by atoms with Gasteiger partial charge in [0.1, 0.15) is 15.3 Å². The van der Waals surface area contributed by atoms with E-state index in [1.165, 1.54) is 12.1 Å². The van der Waals surface area contributed by atoms with Crippen molar-refractivity contribution < 1.29 is 9.59 Å². The third kappa shape index (κ3) is 5.35. The molecular weight excluding hydrogens is 551 g/mol. The molecule has 2 N–H and O–H groups in total. The highest BCUT2D eigenvalue weighted by Crippen LogP contribution is 2.65. The molecule has 0 aliphatic heterocycles. The molecule has 4 rings (SSSR count). The minimum atomic E-state index is -1.33. The first-order valence-corrected chi connectivity index (χ1v) is 11.7. The summed E-state index contributed by atoms with van der Waals surface area (Å²) in [4.78, 5) is 29.6. The molecule has 1 aliphatic rings. The number of amides is 2. The molecule has 33 heavy (non-hydrogen) atoms. The number of carbonyl (C=O) groups excluding carboxylic acids is 2. The summed E-state index contributed by atoms with van der Waals surface area (Å²) >= 11 is 37.0. The summed E-state index contributed by atoms with van der Waals surface area (Å²) in [5, 5.41) is 6.58. The summed E-state index contributed by atoms with van der Waals surface area (Å²) in [5.74, 6) is -1.94. The summed E-state index contributed by atoms with van der Waals surface area (Å²) in [7, 11) is 0. The van der Waals surface area contributed by atoms with Crippen LogP contribution in [-0.4, -0.2) is 21.1 Å². The number of benzene rings is 2. The molecule has 2 atom stereocenters. The third-order valence-corrected chi connectivity index (χ3v) is 6.93. The molecule has 3 aromatic rings. The first kappa shape index (κ1) is 24.4. The van der Waals surface area contributed by atoms with Crippen LogP contribution in [0.3, 0.4) is 0 Å². The lowest BCUT2D eigenvalue weighted by Gasteiger charge is -2.10. The summed E-state index contributed by atoms with van der Waals surface area (Å²) in [6, 6.07) is 14.2. The highest BCUT2D eigenvalue weighted by atomic mass is 35.5. The Morgan fingerprint density at radius 2 is 1.58 bits per heavy atom. The Morgan fingerprint density at radius 1 is 0.879 bits per heavy atom. The lowest BCUT2D eigenvalue weighted by atomic mass is 10.1. The van der Waals surface area contributed by atoms with Crippen LogP contribution >= 0.6 is 69.6 Å². The summed E-state index contributed by atoms with van der Waals surface area (Å²) < 4.78 is -1.33. The quantitative estimate of drug-likeness (QED) is 0.250. The molecule has 5 nitrogen and oxygen atoms in total. The lowest BCUT2D eigenvalue weighted by Crippen LogP contribution is -2.18. The Bertz CT molecular complexity index is 1250. The van der Waals surface area contributed by atoms with Crippen LogP contribution < -0.4 is 10.6 Å². The topological polar surface area (TPSA) is 71.1 Å². The number of aromatic nitrogens is 1. The SMILES string of the molecule is O=C(Nc1cccc(Cl)n1)c1cc(NC(=O)C2C(c3cc(Cl)cc(Cl)c3)C2(Cl)Cl)ccc1Cl. The standard InChI is InChI=1S/C22H13Cl6N3O2/c23-11-6-10(7-12(24)8-11)18-19(22(18,27)28)21(33)29-13-4-5-15(25)14(9-13)20(32)31-17-3-1-2-16(26)30-17/h1-9,18-19H,(H,29,33)(H,30,31,32). The zero-order valence-electron chi connectivity index (χ0n) is 16.4. The van der Waals surface area contributed by atoms with Crippen LogP contribution in [0, 0.1) is 5.92 Å². The molecule has 1 heterocycles. The lowest BCUT2D eigenvalue weighted by molar-refractivity contribution is -0.117. The Labute approximate surface area is 219 Å². The zero-order valence-corrected chi connectivity index (χ0v) is 20.9. The highest BCUT2D eigenvalue weighted by molar-refractivity contribution is 6.53. The van der Waals surface area contributed by atoms with Gasteiger partial charge in [-0.3, -0.25) is 9.59 Å². The Morgan fingerprint density at radius 3 is 2.24 bits per heavy atom. The fraction of sp³-hybridized carbons (Fsp3) is 0.136. The molecule has 1 aromatic heterocycles. The molecule has 0 bridgehead atoms. The number of carbonyl (C=O) groups is 2. The fourth-order valence-electron chi connectivity index (χ4n) is 3.48. The van der Waals surface area contributed by atoms with Crippen molar-refractivity contribution in [1.82, 2.24) is 4.98 Å². The number of nitrogens with one attached hydrogen (secondary N) is 2. The van der Waals surface area contributed by atoms with E-state index in [0.717, 1.165) is 0 Å². The predicted octanol–water partition coefficient (Wildman–Crippen LogP) is 7.47. The van der Waals surface area contributed by atoms with Crippen molar-refractivity contribution in [1.29, 1.82) is 0 Å². The highest BCUT2D eigenvalue weighted by Gasteiger charge is 2.67. The smallest absolute Gasteiger partial charge is 0.258 e. The van der Waals surface area contributed by atoms with Crippen molar-refractivity contribution in [3.63, 3.8) is 0 Å². The number of rotatable bonds is 5. The van der Waals surface area contributed by atoms with Gasteiger partial charge >= 0.3 is 0 Å². The Balaban J connectivity index is 1.51. The number of anilines is 2. The molecule has 170 valence electrons. The number of nitrogens with zero attached hydrogens (tertiary/aromatic N) is 1. The Kier molecular flexibility index (Phi) is 7.02. The normalized spacial score (nSPS) is 18.5. The number of alkyl halides is 2. The van der Waals surface area contributed by atoms with Gasteiger partial charge in [0, 0.05) is 21.7 Å². The maximum absolute atomic E-state index is 12.9. The van der Waals surface area contributed by atoms with Gasteiger partial charge in [-0.15, -0.1) is 23.2 Å². The van der Waals surface area contributed by atoms with Gasteiger partial charge in [0.15, 0.2) is 0 Å². The largest absolute Gasteiger partial charge is 0.326 e. The molecule has 2 aromatic carbocycles. The molecule has 1 aliphatic carbocycles. The van der Waals surface area contributed by atoms with Crippen molar-refractivity contribution >= 4 is 92.9 Å². The summed E-state index contributed by atoms with van der Waals surface area (Å²) in [5.41, 5.74) is 1.13. The second-order valence-electron chi connectivity index (χ2n) is 7.32. The Hall–Kier alpha value is -1.73. The van der Waals surface area contributed by atoms with Gasteiger partial charge in [0.2, 0.25) is 5.91 Å². The first-order valence-electron chi connectivity index (χ1n) is 9.44. The minimum Gasteiger partial charge on any atom is -0.326 e. The van der Waals surface area contributed by atoms with E-state index in [2.05, 4.69) is 15.6 Å². The van der Waals surface area contributed by atoms with E-state index in [1.807, 2.05) is 0 Å². The van der Waals surface area contributed by atoms with Crippen molar-refractivity contribution in [2.45, 2.75) is 10.3 Å². The molecule has 0 spiro atoms. The second kappa shape index (κ2) is 9.49. The van der Waals surface area contributed by atoms with E-state index in [4.69, 9.17) is 69.6 Å². The maximum Gasteiger partial charge on any atom is 0.258 e. The third-order valence-electron chi connectivity index (χ3n) is 5.02. The molecular formula is C22H13Cl6N3O2. The van der Waals surface area contributed by atoms with E-state index < -0.39 is 28.0 Å². The van der Waals surface area contributed by atoms with Gasteiger partial charge in [-0.2, -0.15) is 0 Å². The van der Waals surface area contributed by atoms with Gasteiger partial charge in [0.05, 0.1) is 16.5 Å². The second-order valence-corrected chi connectivity index (χ2v) is 10.4. The molecule has 2 unspecified atom stereocenters.